The van der Waals surface area contributed by atoms with Crippen LogP contribution in [0.2, 0.25) is 0 Å². The minimum absolute atomic E-state index is 1.15. The molecule has 0 unspecified atom stereocenters. The normalized spacial score (nSPS) is 10.6. The first kappa shape index (κ1) is 14.6. The van der Waals surface area contributed by atoms with E-state index in [0.717, 1.165) is 6.54 Å². The third-order valence-corrected chi connectivity index (χ3v) is 3.56. The molecular formula is C15H25NS. The Labute approximate surface area is 110 Å². The third kappa shape index (κ3) is 8.28. The van der Waals surface area contributed by atoms with E-state index in [4.69, 9.17) is 0 Å². The molecule has 0 aliphatic carbocycles. The fourth-order valence-electron chi connectivity index (χ4n) is 1.86. The molecule has 0 heterocycles. The molecule has 17 heavy (non-hydrogen) atoms. The molecule has 0 aliphatic rings. The molecule has 0 fully saturated rings. The van der Waals surface area contributed by atoms with Crippen molar-refractivity contribution in [3.63, 3.8) is 0 Å². The topological polar surface area (TPSA) is 12.0 Å². The van der Waals surface area contributed by atoms with Gasteiger partial charge in [-0.1, -0.05) is 36.8 Å². The lowest BCUT2D eigenvalue weighted by atomic mass is 10.1. The lowest BCUT2D eigenvalue weighted by molar-refractivity contribution is 0.600. The van der Waals surface area contributed by atoms with E-state index in [9.17, 15) is 0 Å². The first-order chi connectivity index (χ1) is 8.43. The highest BCUT2D eigenvalue weighted by atomic mass is 32.2. The lowest BCUT2D eigenvalue weighted by Gasteiger charge is -2.04. The van der Waals surface area contributed by atoms with Crippen LogP contribution in [0.4, 0.5) is 0 Å². The summed E-state index contributed by atoms with van der Waals surface area (Å²) in [7, 11) is 0. The van der Waals surface area contributed by atoms with E-state index in [2.05, 4.69) is 41.9 Å². The van der Waals surface area contributed by atoms with Gasteiger partial charge in [-0.2, -0.15) is 11.8 Å². The van der Waals surface area contributed by atoms with Crippen LogP contribution in [0.5, 0.6) is 0 Å². The van der Waals surface area contributed by atoms with E-state index < -0.39 is 0 Å². The summed E-state index contributed by atoms with van der Waals surface area (Å²) in [4.78, 5) is 0. The Morgan fingerprint density at radius 3 is 2.47 bits per heavy atom. The van der Waals surface area contributed by atoms with Gasteiger partial charge in [0.15, 0.2) is 0 Å². The van der Waals surface area contributed by atoms with Gasteiger partial charge in [0.1, 0.15) is 0 Å². The van der Waals surface area contributed by atoms with Crippen LogP contribution in [-0.2, 0) is 6.42 Å². The first-order valence-electron chi connectivity index (χ1n) is 6.67. The molecular weight excluding hydrogens is 226 g/mol. The van der Waals surface area contributed by atoms with Crippen LogP contribution < -0.4 is 5.32 Å². The highest BCUT2D eigenvalue weighted by Crippen LogP contribution is 2.02. The lowest BCUT2D eigenvalue weighted by Crippen LogP contribution is -2.17. The Hall–Kier alpha value is -0.470. The SMILES string of the molecule is CSCCCCCNCCCc1ccccc1. The largest absolute Gasteiger partial charge is 0.317 e. The third-order valence-electron chi connectivity index (χ3n) is 2.86. The molecule has 1 rings (SSSR count). The predicted molar refractivity (Wildman–Crippen MR) is 79.9 cm³/mol. The second kappa shape index (κ2) is 10.7. The summed E-state index contributed by atoms with van der Waals surface area (Å²) in [5.41, 5.74) is 1.45. The van der Waals surface area contributed by atoms with Crippen molar-refractivity contribution in [3.8, 4) is 0 Å². The average molecular weight is 251 g/mol. The molecule has 0 aliphatic heterocycles. The van der Waals surface area contributed by atoms with Crippen molar-refractivity contribution in [1.82, 2.24) is 5.32 Å². The molecule has 0 bridgehead atoms. The van der Waals surface area contributed by atoms with Gasteiger partial charge in [-0.15, -0.1) is 0 Å². The van der Waals surface area contributed by atoms with E-state index in [1.165, 1.54) is 50.0 Å². The zero-order chi connectivity index (χ0) is 12.2. The molecule has 0 aromatic heterocycles. The number of benzene rings is 1. The average Bonchev–Trinajstić information content (AvgIpc) is 2.38. The van der Waals surface area contributed by atoms with E-state index in [0.29, 0.717) is 0 Å². The zero-order valence-electron chi connectivity index (χ0n) is 11.0. The number of aryl methyl sites for hydroxylation is 1. The Morgan fingerprint density at radius 1 is 0.941 bits per heavy atom. The molecule has 1 aromatic rings. The molecule has 96 valence electrons. The number of rotatable bonds is 10. The maximum atomic E-state index is 3.53. The quantitative estimate of drug-likeness (QED) is 0.636. The fraction of sp³-hybridized carbons (Fsp3) is 0.600. The number of thioether (sulfide) groups is 1. The zero-order valence-corrected chi connectivity index (χ0v) is 11.8. The van der Waals surface area contributed by atoms with Gasteiger partial charge in [0.25, 0.3) is 0 Å². The van der Waals surface area contributed by atoms with Gasteiger partial charge in [0.05, 0.1) is 0 Å². The molecule has 0 saturated carbocycles. The Balaban J connectivity index is 1.85. The number of hydrogen-bond acceptors (Lipinski definition) is 2. The van der Waals surface area contributed by atoms with Crippen molar-refractivity contribution in [1.29, 1.82) is 0 Å². The maximum absolute atomic E-state index is 3.53. The van der Waals surface area contributed by atoms with Crippen molar-refractivity contribution in [2.75, 3.05) is 25.1 Å². The summed E-state index contributed by atoms with van der Waals surface area (Å²) in [6, 6.07) is 10.7. The van der Waals surface area contributed by atoms with Crippen LogP contribution in [0.25, 0.3) is 0 Å². The van der Waals surface area contributed by atoms with Crippen LogP contribution in [0.15, 0.2) is 30.3 Å². The molecule has 1 N–H and O–H groups in total. The van der Waals surface area contributed by atoms with Gasteiger partial charge in [-0.25, -0.2) is 0 Å². The highest BCUT2D eigenvalue weighted by Gasteiger charge is 1.92. The van der Waals surface area contributed by atoms with Crippen LogP contribution in [0.3, 0.4) is 0 Å². The number of unbranched alkanes of at least 4 members (excludes halogenated alkanes) is 2. The second-order valence-electron chi connectivity index (χ2n) is 4.39. The van der Waals surface area contributed by atoms with Gasteiger partial charge in [0, 0.05) is 0 Å². The van der Waals surface area contributed by atoms with Crippen molar-refractivity contribution in [2.45, 2.75) is 32.1 Å². The van der Waals surface area contributed by atoms with Crippen LogP contribution in [-0.4, -0.2) is 25.1 Å². The van der Waals surface area contributed by atoms with Crippen molar-refractivity contribution in [2.24, 2.45) is 0 Å². The summed E-state index contributed by atoms with van der Waals surface area (Å²) in [6.45, 7) is 2.33. The number of hydrogen-bond donors (Lipinski definition) is 1. The summed E-state index contributed by atoms with van der Waals surface area (Å²) in [5, 5.41) is 3.53. The smallest absolute Gasteiger partial charge is 0.00457 e. The van der Waals surface area contributed by atoms with E-state index in [1.807, 2.05) is 11.8 Å². The predicted octanol–water partition coefficient (Wildman–Crippen LogP) is 3.74. The summed E-state index contributed by atoms with van der Waals surface area (Å²) < 4.78 is 0. The van der Waals surface area contributed by atoms with E-state index >= 15 is 0 Å². The minimum atomic E-state index is 1.15. The summed E-state index contributed by atoms with van der Waals surface area (Å²) in [6.07, 6.45) is 8.68. The molecule has 0 spiro atoms. The van der Waals surface area contributed by atoms with Gasteiger partial charge >= 0.3 is 0 Å². The Bertz CT molecular complexity index is 261. The summed E-state index contributed by atoms with van der Waals surface area (Å²) in [5.74, 6) is 1.31. The van der Waals surface area contributed by atoms with E-state index in [1.54, 1.807) is 0 Å². The van der Waals surface area contributed by atoms with Crippen molar-refractivity contribution in [3.05, 3.63) is 35.9 Å². The molecule has 0 amide bonds. The van der Waals surface area contributed by atoms with Crippen molar-refractivity contribution >= 4 is 11.8 Å². The van der Waals surface area contributed by atoms with Crippen LogP contribution >= 0.6 is 11.8 Å². The first-order valence-corrected chi connectivity index (χ1v) is 8.06. The second-order valence-corrected chi connectivity index (χ2v) is 5.38. The fourth-order valence-corrected chi connectivity index (χ4v) is 2.35. The number of nitrogens with one attached hydrogen (secondary N) is 1. The van der Waals surface area contributed by atoms with Gasteiger partial charge in [-0.05, 0) is 56.3 Å². The molecule has 0 saturated heterocycles. The van der Waals surface area contributed by atoms with E-state index in [-0.39, 0.29) is 0 Å². The molecule has 0 radical (unpaired) electrons. The Kier molecular flexibility index (Phi) is 9.16. The monoisotopic (exact) mass is 251 g/mol. The maximum Gasteiger partial charge on any atom is -0.00457 e. The van der Waals surface area contributed by atoms with Gasteiger partial charge in [0.2, 0.25) is 0 Å². The standard InChI is InChI=1S/C15H25NS/c1-17-14-7-3-6-12-16-13-8-11-15-9-4-2-5-10-15/h2,4-5,9-10,16H,3,6-8,11-14H2,1H3. The van der Waals surface area contributed by atoms with Crippen LogP contribution in [0.1, 0.15) is 31.2 Å². The minimum Gasteiger partial charge on any atom is -0.317 e. The van der Waals surface area contributed by atoms with Crippen LogP contribution in [0, 0.1) is 0 Å². The molecule has 1 aromatic carbocycles. The molecule has 0 atom stereocenters. The Morgan fingerprint density at radius 2 is 1.71 bits per heavy atom. The summed E-state index contributed by atoms with van der Waals surface area (Å²) >= 11 is 1.95. The highest BCUT2D eigenvalue weighted by molar-refractivity contribution is 7.98. The van der Waals surface area contributed by atoms with Crippen molar-refractivity contribution < 1.29 is 0 Å². The molecule has 1 nitrogen and oxygen atoms in total. The van der Waals surface area contributed by atoms with Gasteiger partial charge < -0.3 is 5.32 Å². The molecule has 2 heteroatoms. The van der Waals surface area contributed by atoms with Gasteiger partial charge in [-0.3, -0.25) is 0 Å².